The molecule has 1 aromatic heterocycles. The maximum atomic E-state index is 11.1. The number of nitrogens with zero attached hydrogens (tertiary/aromatic N) is 2. The van der Waals surface area contributed by atoms with Gasteiger partial charge in [-0.15, -0.1) is 11.3 Å². The largest absolute Gasteiger partial charge is 0.348 e. The Bertz CT molecular complexity index is 353. The minimum atomic E-state index is 0.0582. The zero-order chi connectivity index (χ0) is 10.8. The van der Waals surface area contributed by atoms with E-state index in [-0.39, 0.29) is 5.78 Å². The third-order valence-corrected chi connectivity index (χ3v) is 3.81. The number of hydrogen-bond acceptors (Lipinski definition) is 4. The van der Waals surface area contributed by atoms with Crippen molar-refractivity contribution in [2.75, 3.05) is 18.0 Å². The van der Waals surface area contributed by atoms with Crippen LogP contribution < -0.4 is 4.90 Å². The van der Waals surface area contributed by atoms with Gasteiger partial charge in [-0.25, -0.2) is 4.98 Å². The van der Waals surface area contributed by atoms with Gasteiger partial charge in [-0.05, 0) is 18.8 Å². The highest BCUT2D eigenvalue weighted by molar-refractivity contribution is 7.13. The van der Waals surface area contributed by atoms with Crippen molar-refractivity contribution in [2.24, 2.45) is 5.92 Å². The average Bonchev–Trinajstić information content (AvgIpc) is 2.68. The topological polar surface area (TPSA) is 33.2 Å². The van der Waals surface area contributed by atoms with Crippen molar-refractivity contribution in [3.8, 4) is 0 Å². The molecule has 1 aliphatic rings. The highest BCUT2D eigenvalue weighted by Gasteiger charge is 2.18. The third kappa shape index (κ3) is 2.37. The van der Waals surface area contributed by atoms with Crippen LogP contribution in [0.4, 0.5) is 5.13 Å². The summed E-state index contributed by atoms with van der Waals surface area (Å²) in [5, 5.41) is 2.86. The van der Waals surface area contributed by atoms with Crippen molar-refractivity contribution < 1.29 is 4.79 Å². The maximum Gasteiger partial charge on any atom is 0.185 e. The van der Waals surface area contributed by atoms with E-state index < -0.39 is 0 Å². The summed E-state index contributed by atoms with van der Waals surface area (Å²) >= 11 is 1.58. The Morgan fingerprint density at radius 2 is 2.20 bits per heavy atom. The minimum absolute atomic E-state index is 0.0582. The standard InChI is InChI=1S/C11H16N2OS/c1-8-3-5-13(6-4-8)11-12-10(7-15-11)9(2)14/h7-8H,3-6H2,1-2H3. The second-order valence-corrected chi connectivity index (χ2v) is 5.08. The molecule has 2 rings (SSSR count). The summed E-state index contributed by atoms with van der Waals surface area (Å²) in [5.74, 6) is 0.886. The van der Waals surface area contributed by atoms with Crippen LogP contribution in [0, 0.1) is 5.92 Å². The first-order valence-corrected chi connectivity index (χ1v) is 6.26. The molecule has 0 aliphatic carbocycles. The molecular formula is C11H16N2OS. The molecule has 3 nitrogen and oxygen atoms in total. The van der Waals surface area contributed by atoms with Crippen LogP contribution in [0.2, 0.25) is 0 Å². The second-order valence-electron chi connectivity index (χ2n) is 4.24. The van der Waals surface area contributed by atoms with E-state index in [0.717, 1.165) is 24.1 Å². The lowest BCUT2D eigenvalue weighted by Gasteiger charge is -2.29. The van der Waals surface area contributed by atoms with E-state index >= 15 is 0 Å². The molecule has 2 heterocycles. The highest BCUT2D eigenvalue weighted by atomic mass is 32.1. The van der Waals surface area contributed by atoms with E-state index in [4.69, 9.17) is 0 Å². The number of anilines is 1. The van der Waals surface area contributed by atoms with Gasteiger partial charge in [-0.3, -0.25) is 4.79 Å². The molecule has 15 heavy (non-hydrogen) atoms. The summed E-state index contributed by atoms with van der Waals surface area (Å²) in [5.41, 5.74) is 0.605. The highest BCUT2D eigenvalue weighted by Crippen LogP contribution is 2.26. The predicted octanol–water partition coefficient (Wildman–Crippen LogP) is 2.58. The second kappa shape index (κ2) is 4.31. The van der Waals surface area contributed by atoms with Crippen molar-refractivity contribution in [3.05, 3.63) is 11.1 Å². The van der Waals surface area contributed by atoms with Crippen LogP contribution in [0.25, 0.3) is 0 Å². The Labute approximate surface area is 94.1 Å². The first-order valence-electron chi connectivity index (χ1n) is 5.38. The van der Waals surface area contributed by atoms with E-state index in [9.17, 15) is 4.79 Å². The monoisotopic (exact) mass is 224 g/mol. The number of hydrogen-bond donors (Lipinski definition) is 0. The third-order valence-electron chi connectivity index (χ3n) is 2.91. The number of ketones is 1. The zero-order valence-electron chi connectivity index (χ0n) is 9.19. The van der Waals surface area contributed by atoms with Crippen molar-refractivity contribution in [3.63, 3.8) is 0 Å². The van der Waals surface area contributed by atoms with Gasteiger partial charge in [0.2, 0.25) is 0 Å². The molecular weight excluding hydrogens is 208 g/mol. The number of carbonyl (C=O) groups excluding carboxylic acids is 1. The molecule has 1 fully saturated rings. The lowest BCUT2D eigenvalue weighted by molar-refractivity contribution is 0.101. The van der Waals surface area contributed by atoms with Crippen LogP contribution in [0.1, 0.15) is 37.2 Å². The van der Waals surface area contributed by atoms with Crippen LogP contribution in [0.3, 0.4) is 0 Å². The van der Waals surface area contributed by atoms with Crippen LogP contribution in [-0.4, -0.2) is 23.9 Å². The van der Waals surface area contributed by atoms with Gasteiger partial charge < -0.3 is 4.90 Å². The van der Waals surface area contributed by atoms with Crippen LogP contribution in [-0.2, 0) is 0 Å². The van der Waals surface area contributed by atoms with Gasteiger partial charge in [0.05, 0.1) is 0 Å². The molecule has 0 spiro atoms. The molecule has 82 valence electrons. The van der Waals surface area contributed by atoms with E-state index in [1.165, 1.54) is 12.8 Å². The molecule has 0 N–H and O–H groups in total. The lowest BCUT2D eigenvalue weighted by Crippen LogP contribution is -2.32. The van der Waals surface area contributed by atoms with Crippen LogP contribution in [0.15, 0.2) is 5.38 Å². The molecule has 4 heteroatoms. The quantitative estimate of drug-likeness (QED) is 0.724. The number of piperidine rings is 1. The molecule has 0 aromatic carbocycles. The molecule has 0 atom stereocenters. The molecule has 0 unspecified atom stereocenters. The van der Waals surface area contributed by atoms with E-state index in [1.54, 1.807) is 18.3 Å². The summed E-state index contributed by atoms with van der Waals surface area (Å²) in [6.45, 7) is 6.01. The van der Waals surface area contributed by atoms with Crippen molar-refractivity contribution in [2.45, 2.75) is 26.7 Å². The molecule has 0 bridgehead atoms. The normalized spacial score (nSPS) is 18.1. The zero-order valence-corrected chi connectivity index (χ0v) is 10.0. The molecule has 1 aromatic rings. The summed E-state index contributed by atoms with van der Waals surface area (Å²) in [6, 6.07) is 0. The van der Waals surface area contributed by atoms with Gasteiger partial charge >= 0.3 is 0 Å². The molecule has 1 saturated heterocycles. The van der Waals surface area contributed by atoms with Crippen LogP contribution in [0.5, 0.6) is 0 Å². The Hall–Kier alpha value is -0.900. The van der Waals surface area contributed by atoms with Gasteiger partial charge in [0.25, 0.3) is 0 Å². The number of Topliss-reactive ketones (excluding diaryl/α,β-unsaturated/α-hetero) is 1. The first kappa shape index (κ1) is 10.6. The smallest absolute Gasteiger partial charge is 0.185 e. The molecule has 0 amide bonds. The van der Waals surface area contributed by atoms with E-state index in [0.29, 0.717) is 5.69 Å². The van der Waals surface area contributed by atoms with E-state index in [2.05, 4.69) is 16.8 Å². The molecule has 1 aliphatic heterocycles. The number of carbonyl (C=O) groups is 1. The fraction of sp³-hybridized carbons (Fsp3) is 0.636. The first-order chi connectivity index (χ1) is 7.16. The lowest BCUT2D eigenvalue weighted by atomic mass is 10.00. The fourth-order valence-electron chi connectivity index (χ4n) is 1.77. The Balaban J connectivity index is 2.06. The predicted molar refractivity (Wildman–Crippen MR) is 62.7 cm³/mol. The average molecular weight is 224 g/mol. The summed E-state index contributed by atoms with van der Waals surface area (Å²) in [6.07, 6.45) is 2.46. The van der Waals surface area contributed by atoms with Gasteiger partial charge in [0.15, 0.2) is 10.9 Å². The number of aromatic nitrogens is 1. The van der Waals surface area contributed by atoms with Gasteiger partial charge in [0, 0.05) is 25.4 Å². The SMILES string of the molecule is CC(=O)c1csc(N2CCC(C)CC2)n1. The maximum absolute atomic E-state index is 11.1. The fourth-order valence-corrected chi connectivity index (χ4v) is 2.69. The van der Waals surface area contributed by atoms with E-state index in [1.807, 2.05) is 5.38 Å². The molecule has 0 radical (unpaired) electrons. The van der Waals surface area contributed by atoms with Crippen molar-refractivity contribution >= 4 is 22.3 Å². The number of thiazole rings is 1. The number of rotatable bonds is 2. The summed E-state index contributed by atoms with van der Waals surface area (Å²) in [4.78, 5) is 17.8. The van der Waals surface area contributed by atoms with Crippen LogP contribution >= 0.6 is 11.3 Å². The van der Waals surface area contributed by atoms with Crippen molar-refractivity contribution in [1.29, 1.82) is 0 Å². The van der Waals surface area contributed by atoms with Gasteiger partial charge in [-0.2, -0.15) is 0 Å². The van der Waals surface area contributed by atoms with Gasteiger partial charge in [0.1, 0.15) is 5.69 Å². The Kier molecular flexibility index (Phi) is 3.05. The minimum Gasteiger partial charge on any atom is -0.348 e. The van der Waals surface area contributed by atoms with Crippen molar-refractivity contribution in [1.82, 2.24) is 4.98 Å². The summed E-state index contributed by atoms with van der Waals surface area (Å²) in [7, 11) is 0. The Morgan fingerprint density at radius 3 is 2.73 bits per heavy atom. The molecule has 0 saturated carbocycles. The summed E-state index contributed by atoms with van der Waals surface area (Å²) < 4.78 is 0. The van der Waals surface area contributed by atoms with Gasteiger partial charge in [-0.1, -0.05) is 6.92 Å². The Morgan fingerprint density at radius 1 is 1.53 bits per heavy atom.